The molecule has 0 bridgehead atoms. The normalized spacial score (nSPS) is 16.7. The predicted octanol–water partition coefficient (Wildman–Crippen LogP) is 4.51. The Labute approximate surface area is 157 Å². The van der Waals surface area contributed by atoms with Crippen LogP contribution in [0.2, 0.25) is 0 Å². The zero-order valence-electron chi connectivity index (χ0n) is 16.1. The van der Waals surface area contributed by atoms with Gasteiger partial charge in [-0.2, -0.15) is 0 Å². The summed E-state index contributed by atoms with van der Waals surface area (Å²) < 4.78 is 5.45. The molecule has 1 aromatic rings. The average Bonchev–Trinajstić information content (AvgIpc) is 3.14. The van der Waals surface area contributed by atoms with Gasteiger partial charge in [0.05, 0.1) is 13.0 Å². The number of carbonyl (C=O) groups excluding carboxylic acids is 2. The first-order chi connectivity index (χ1) is 12.7. The molecular formula is C22H33NO3. The first-order valence-electron chi connectivity index (χ1n) is 10.2. The largest absolute Gasteiger partial charge is 0.464 e. The highest BCUT2D eigenvalue weighted by atomic mass is 16.5. The number of unbranched alkanes of at least 4 members (excludes halogenated alkanes) is 6. The third-order valence-corrected chi connectivity index (χ3v) is 5.04. The molecule has 1 aliphatic rings. The summed E-state index contributed by atoms with van der Waals surface area (Å²) >= 11 is 0. The minimum atomic E-state index is -0.393. The first kappa shape index (κ1) is 20.5. The van der Waals surface area contributed by atoms with Gasteiger partial charge in [-0.1, -0.05) is 75.8 Å². The van der Waals surface area contributed by atoms with Crippen molar-refractivity contribution in [2.24, 2.45) is 0 Å². The number of hydrogen-bond donors (Lipinski definition) is 0. The van der Waals surface area contributed by atoms with Crippen LogP contribution in [0, 0.1) is 0 Å². The van der Waals surface area contributed by atoms with Gasteiger partial charge < -0.3 is 9.64 Å². The summed E-state index contributed by atoms with van der Waals surface area (Å²) in [6, 6.07) is 9.30. The Balaban J connectivity index is 1.68. The molecule has 1 aromatic carbocycles. The molecule has 1 saturated heterocycles. The van der Waals surface area contributed by atoms with Crippen molar-refractivity contribution in [2.45, 2.75) is 77.2 Å². The van der Waals surface area contributed by atoms with Crippen molar-refractivity contribution in [3.63, 3.8) is 0 Å². The third-order valence-electron chi connectivity index (χ3n) is 5.04. The Morgan fingerprint density at radius 2 is 1.73 bits per heavy atom. The van der Waals surface area contributed by atoms with Crippen molar-refractivity contribution in [2.75, 3.05) is 13.2 Å². The SMILES string of the molecule is CCCCCCCCCOC(=O)C1CCCN1C(=O)Cc1ccccc1. The molecule has 4 heteroatoms. The van der Waals surface area contributed by atoms with Crippen LogP contribution in [0.4, 0.5) is 0 Å². The fourth-order valence-corrected chi connectivity index (χ4v) is 3.51. The topological polar surface area (TPSA) is 46.6 Å². The van der Waals surface area contributed by atoms with Crippen LogP contribution in [0.1, 0.15) is 70.3 Å². The fraction of sp³-hybridized carbons (Fsp3) is 0.636. The molecule has 4 nitrogen and oxygen atoms in total. The van der Waals surface area contributed by atoms with E-state index in [0.717, 1.165) is 31.2 Å². The van der Waals surface area contributed by atoms with E-state index in [1.54, 1.807) is 4.90 Å². The van der Waals surface area contributed by atoms with E-state index < -0.39 is 6.04 Å². The Morgan fingerprint density at radius 3 is 2.46 bits per heavy atom. The Kier molecular flexibility index (Phi) is 9.22. The molecule has 0 radical (unpaired) electrons. The Hall–Kier alpha value is -1.84. The number of amides is 1. The lowest BCUT2D eigenvalue weighted by Crippen LogP contribution is -2.42. The van der Waals surface area contributed by atoms with Gasteiger partial charge in [0.15, 0.2) is 0 Å². The van der Waals surface area contributed by atoms with Gasteiger partial charge in [-0.15, -0.1) is 0 Å². The standard InChI is InChI=1S/C22H33NO3/c1-2-3-4-5-6-7-11-17-26-22(25)20-15-12-16-23(20)21(24)18-19-13-9-8-10-14-19/h8-10,13-14,20H,2-7,11-12,15-18H2,1H3. The quantitative estimate of drug-likeness (QED) is 0.431. The monoisotopic (exact) mass is 359 g/mol. The van der Waals surface area contributed by atoms with Crippen LogP contribution in [0.15, 0.2) is 30.3 Å². The van der Waals surface area contributed by atoms with Gasteiger partial charge in [0, 0.05) is 6.54 Å². The highest BCUT2D eigenvalue weighted by Gasteiger charge is 2.34. The van der Waals surface area contributed by atoms with Crippen LogP contribution < -0.4 is 0 Å². The molecule has 0 aromatic heterocycles. The summed E-state index contributed by atoms with van der Waals surface area (Å²) in [5.41, 5.74) is 0.986. The summed E-state index contributed by atoms with van der Waals surface area (Å²) in [7, 11) is 0. The van der Waals surface area contributed by atoms with Gasteiger partial charge in [0.25, 0.3) is 0 Å². The van der Waals surface area contributed by atoms with E-state index in [2.05, 4.69) is 6.92 Å². The molecule has 1 aliphatic heterocycles. The minimum absolute atomic E-state index is 0.0200. The summed E-state index contributed by atoms with van der Waals surface area (Å²) in [6.07, 6.45) is 10.3. The molecule has 0 aliphatic carbocycles. The molecular weight excluding hydrogens is 326 g/mol. The molecule has 0 spiro atoms. The maximum atomic E-state index is 12.5. The van der Waals surface area contributed by atoms with Gasteiger partial charge in [-0.3, -0.25) is 4.79 Å². The van der Waals surface area contributed by atoms with Crippen molar-refractivity contribution in [1.29, 1.82) is 0 Å². The van der Waals surface area contributed by atoms with Crippen molar-refractivity contribution in [3.05, 3.63) is 35.9 Å². The third kappa shape index (κ3) is 6.81. The number of benzene rings is 1. The summed E-state index contributed by atoms with van der Waals surface area (Å²) in [4.78, 5) is 26.6. The van der Waals surface area contributed by atoms with Gasteiger partial charge in [0.1, 0.15) is 6.04 Å². The molecule has 1 atom stereocenters. The second-order valence-corrected chi connectivity index (χ2v) is 7.20. The number of rotatable bonds is 11. The zero-order valence-corrected chi connectivity index (χ0v) is 16.1. The molecule has 1 amide bonds. The lowest BCUT2D eigenvalue weighted by atomic mass is 10.1. The van der Waals surface area contributed by atoms with Crippen LogP contribution in [0.3, 0.4) is 0 Å². The van der Waals surface area contributed by atoms with Crippen molar-refractivity contribution >= 4 is 11.9 Å². The molecule has 1 fully saturated rings. The van der Waals surface area contributed by atoms with Gasteiger partial charge in [-0.05, 0) is 24.8 Å². The molecule has 0 N–H and O–H groups in total. The lowest BCUT2D eigenvalue weighted by molar-refractivity contribution is -0.153. The summed E-state index contributed by atoms with van der Waals surface area (Å²) in [5, 5.41) is 0. The molecule has 26 heavy (non-hydrogen) atoms. The number of ether oxygens (including phenoxy) is 1. The lowest BCUT2D eigenvalue weighted by Gasteiger charge is -2.23. The van der Waals surface area contributed by atoms with Gasteiger partial charge in [-0.25, -0.2) is 4.79 Å². The maximum Gasteiger partial charge on any atom is 0.328 e. The number of carbonyl (C=O) groups is 2. The van der Waals surface area contributed by atoms with Gasteiger partial charge >= 0.3 is 5.97 Å². The molecule has 1 heterocycles. The Bertz CT molecular complexity index is 544. The van der Waals surface area contributed by atoms with Crippen LogP contribution in [-0.4, -0.2) is 36.0 Å². The average molecular weight is 360 g/mol. The number of nitrogens with zero attached hydrogens (tertiary/aromatic N) is 1. The Morgan fingerprint density at radius 1 is 1.04 bits per heavy atom. The van der Waals surface area contributed by atoms with E-state index in [9.17, 15) is 9.59 Å². The highest BCUT2D eigenvalue weighted by Crippen LogP contribution is 2.20. The van der Waals surface area contributed by atoms with Crippen LogP contribution in [0.5, 0.6) is 0 Å². The number of likely N-dealkylation sites (tertiary alicyclic amines) is 1. The first-order valence-corrected chi connectivity index (χ1v) is 10.2. The molecule has 2 rings (SSSR count). The summed E-state index contributed by atoms with van der Waals surface area (Å²) in [6.45, 7) is 3.35. The van der Waals surface area contributed by atoms with Crippen LogP contribution >= 0.6 is 0 Å². The predicted molar refractivity (Wildman–Crippen MR) is 104 cm³/mol. The van der Waals surface area contributed by atoms with Crippen LogP contribution in [0.25, 0.3) is 0 Å². The second kappa shape index (κ2) is 11.7. The van der Waals surface area contributed by atoms with E-state index >= 15 is 0 Å². The maximum absolute atomic E-state index is 12.5. The molecule has 144 valence electrons. The number of hydrogen-bond acceptors (Lipinski definition) is 3. The van der Waals surface area contributed by atoms with E-state index in [1.165, 1.54) is 32.1 Å². The summed E-state index contributed by atoms with van der Waals surface area (Å²) in [5.74, 6) is -0.207. The van der Waals surface area contributed by atoms with Crippen molar-refractivity contribution in [1.82, 2.24) is 4.90 Å². The number of esters is 1. The van der Waals surface area contributed by atoms with Crippen LogP contribution in [-0.2, 0) is 20.7 Å². The minimum Gasteiger partial charge on any atom is -0.464 e. The van der Waals surface area contributed by atoms with E-state index in [0.29, 0.717) is 19.6 Å². The van der Waals surface area contributed by atoms with E-state index in [1.807, 2.05) is 30.3 Å². The smallest absolute Gasteiger partial charge is 0.328 e. The molecule has 0 saturated carbocycles. The second-order valence-electron chi connectivity index (χ2n) is 7.20. The van der Waals surface area contributed by atoms with E-state index in [-0.39, 0.29) is 11.9 Å². The van der Waals surface area contributed by atoms with Crippen molar-refractivity contribution in [3.8, 4) is 0 Å². The molecule has 1 unspecified atom stereocenters. The highest BCUT2D eigenvalue weighted by molar-refractivity contribution is 5.86. The van der Waals surface area contributed by atoms with Crippen molar-refractivity contribution < 1.29 is 14.3 Å². The zero-order chi connectivity index (χ0) is 18.6. The van der Waals surface area contributed by atoms with E-state index in [4.69, 9.17) is 4.74 Å². The fourth-order valence-electron chi connectivity index (χ4n) is 3.51. The van der Waals surface area contributed by atoms with Gasteiger partial charge in [0.2, 0.25) is 5.91 Å².